The van der Waals surface area contributed by atoms with Crippen molar-refractivity contribution in [3.8, 4) is 17.3 Å². The second-order valence-electron chi connectivity index (χ2n) is 6.88. The Morgan fingerprint density at radius 2 is 1.67 bits per heavy atom. The van der Waals surface area contributed by atoms with Crippen LogP contribution in [0.2, 0.25) is 0 Å². The molecule has 0 bridgehead atoms. The molecule has 6 heteroatoms. The van der Waals surface area contributed by atoms with Crippen LogP contribution in [0.25, 0.3) is 11.3 Å². The molecule has 1 aliphatic heterocycles. The number of aromatic nitrogens is 1. The number of hydrogen-bond donors (Lipinski definition) is 0. The predicted molar refractivity (Wildman–Crippen MR) is 97.8 cm³/mol. The van der Waals surface area contributed by atoms with Crippen LogP contribution in [-0.2, 0) is 9.31 Å². The molecule has 2 aromatic rings. The molecule has 0 aliphatic carbocycles. The minimum absolute atomic E-state index is 0.379. The summed E-state index contributed by atoms with van der Waals surface area (Å²) in [4.78, 5) is 4.55. The average molecular weight is 385 g/mol. The van der Waals surface area contributed by atoms with E-state index in [2.05, 4.69) is 27.0 Å². The van der Waals surface area contributed by atoms with E-state index in [1.165, 1.54) is 0 Å². The van der Waals surface area contributed by atoms with Gasteiger partial charge in [0.25, 0.3) is 0 Å². The van der Waals surface area contributed by atoms with Gasteiger partial charge < -0.3 is 9.31 Å². The number of pyridine rings is 1. The van der Waals surface area contributed by atoms with E-state index < -0.39 is 7.12 Å². The van der Waals surface area contributed by atoms with Crippen molar-refractivity contribution >= 4 is 28.5 Å². The maximum Gasteiger partial charge on any atom is 0.496 e. The summed E-state index contributed by atoms with van der Waals surface area (Å²) in [6.07, 6.45) is 1.78. The molecule has 1 fully saturated rings. The maximum absolute atomic E-state index is 8.89. The molecular weight excluding hydrogens is 367 g/mol. The molecule has 0 atom stereocenters. The fourth-order valence-electron chi connectivity index (χ4n) is 2.48. The highest BCUT2D eigenvalue weighted by Crippen LogP contribution is 2.36. The van der Waals surface area contributed by atoms with Gasteiger partial charge in [0.1, 0.15) is 0 Å². The summed E-state index contributed by atoms with van der Waals surface area (Å²) in [5.74, 6) is 0. The van der Waals surface area contributed by atoms with Gasteiger partial charge in [-0.2, -0.15) is 5.26 Å². The summed E-state index contributed by atoms with van der Waals surface area (Å²) < 4.78 is 13.0. The van der Waals surface area contributed by atoms with Crippen molar-refractivity contribution in [1.29, 1.82) is 5.26 Å². The van der Waals surface area contributed by atoms with Crippen LogP contribution in [0.1, 0.15) is 33.3 Å². The lowest BCUT2D eigenvalue weighted by atomic mass is 9.80. The first-order chi connectivity index (χ1) is 11.2. The van der Waals surface area contributed by atoms with Crippen LogP contribution in [0.3, 0.4) is 0 Å². The summed E-state index contributed by atoms with van der Waals surface area (Å²) in [6.45, 7) is 8.11. The number of nitriles is 1. The molecule has 2 heterocycles. The van der Waals surface area contributed by atoms with Gasteiger partial charge in [0.05, 0.1) is 28.5 Å². The Bertz CT molecular complexity index is 797. The number of nitrogens with zero attached hydrogens (tertiary/aromatic N) is 2. The van der Waals surface area contributed by atoms with Crippen LogP contribution < -0.4 is 5.46 Å². The monoisotopic (exact) mass is 384 g/mol. The fraction of sp³-hybridized carbons (Fsp3) is 0.333. The van der Waals surface area contributed by atoms with E-state index >= 15 is 0 Å². The molecule has 0 amide bonds. The Labute approximate surface area is 151 Å². The predicted octanol–water partition coefficient (Wildman–Crippen LogP) is 3.68. The van der Waals surface area contributed by atoms with Crippen molar-refractivity contribution < 1.29 is 9.31 Å². The smallest absolute Gasteiger partial charge is 0.399 e. The van der Waals surface area contributed by atoms with Crippen molar-refractivity contribution in [2.45, 2.75) is 38.9 Å². The molecule has 0 spiro atoms. The van der Waals surface area contributed by atoms with Gasteiger partial charge in [-0.1, -0.05) is 12.1 Å². The molecule has 1 aromatic heterocycles. The number of rotatable bonds is 2. The van der Waals surface area contributed by atoms with Gasteiger partial charge >= 0.3 is 7.12 Å². The van der Waals surface area contributed by atoms with E-state index in [-0.39, 0.29) is 11.2 Å². The maximum atomic E-state index is 8.89. The first-order valence-corrected chi connectivity index (χ1v) is 8.54. The average Bonchev–Trinajstić information content (AvgIpc) is 2.75. The third-order valence-electron chi connectivity index (χ3n) is 4.68. The molecule has 0 unspecified atom stereocenters. The van der Waals surface area contributed by atoms with Crippen molar-refractivity contribution in [3.05, 3.63) is 46.6 Å². The van der Waals surface area contributed by atoms with E-state index in [9.17, 15) is 0 Å². The molecule has 4 nitrogen and oxygen atoms in total. The SMILES string of the molecule is CC1(C)OB(c2cnc(-c3ccc(C#N)cc3)c(Br)c2)OC1(C)C. The van der Waals surface area contributed by atoms with Crippen LogP contribution in [0.5, 0.6) is 0 Å². The van der Waals surface area contributed by atoms with E-state index in [0.717, 1.165) is 21.2 Å². The second-order valence-corrected chi connectivity index (χ2v) is 7.73. The molecule has 1 aliphatic rings. The van der Waals surface area contributed by atoms with E-state index in [1.807, 2.05) is 45.9 Å². The van der Waals surface area contributed by atoms with Gasteiger partial charge in [-0.3, -0.25) is 4.98 Å². The fourth-order valence-corrected chi connectivity index (χ4v) is 3.07. The van der Waals surface area contributed by atoms with Crippen molar-refractivity contribution in [3.63, 3.8) is 0 Å². The summed E-state index contributed by atoms with van der Waals surface area (Å²) in [7, 11) is -0.436. The van der Waals surface area contributed by atoms with Gasteiger partial charge in [-0.15, -0.1) is 0 Å². The van der Waals surface area contributed by atoms with Crippen LogP contribution in [0.4, 0.5) is 0 Å². The summed E-state index contributed by atoms with van der Waals surface area (Å²) in [6, 6.07) is 11.4. The van der Waals surface area contributed by atoms with Crippen molar-refractivity contribution in [2.75, 3.05) is 0 Å². The largest absolute Gasteiger partial charge is 0.496 e. The zero-order chi connectivity index (χ0) is 17.5. The number of halogens is 1. The van der Waals surface area contributed by atoms with Gasteiger partial charge in [0, 0.05) is 21.7 Å². The Hall–Kier alpha value is -1.68. The molecule has 24 heavy (non-hydrogen) atoms. The third kappa shape index (κ3) is 3.00. The molecule has 3 rings (SSSR count). The molecule has 1 aromatic carbocycles. The summed E-state index contributed by atoms with van der Waals surface area (Å²) >= 11 is 3.58. The zero-order valence-corrected chi connectivity index (χ0v) is 15.7. The Balaban J connectivity index is 1.89. The number of benzene rings is 1. The molecular formula is C18H18BBrN2O2. The molecule has 0 saturated carbocycles. The Morgan fingerprint density at radius 1 is 1.08 bits per heavy atom. The third-order valence-corrected chi connectivity index (χ3v) is 5.28. The van der Waals surface area contributed by atoms with E-state index in [0.29, 0.717) is 5.56 Å². The summed E-state index contributed by atoms with van der Waals surface area (Å²) in [5.41, 5.74) is 2.51. The van der Waals surface area contributed by atoms with Gasteiger partial charge in [0.2, 0.25) is 0 Å². The molecule has 0 N–H and O–H groups in total. The Morgan fingerprint density at radius 3 is 2.17 bits per heavy atom. The zero-order valence-electron chi connectivity index (χ0n) is 14.1. The second kappa shape index (κ2) is 6.00. The lowest BCUT2D eigenvalue weighted by Crippen LogP contribution is -2.41. The highest BCUT2D eigenvalue weighted by molar-refractivity contribution is 9.10. The van der Waals surface area contributed by atoms with Crippen LogP contribution in [-0.4, -0.2) is 23.3 Å². The topological polar surface area (TPSA) is 55.1 Å². The van der Waals surface area contributed by atoms with Crippen molar-refractivity contribution in [2.24, 2.45) is 0 Å². The minimum Gasteiger partial charge on any atom is -0.399 e. The minimum atomic E-state index is -0.436. The number of hydrogen-bond acceptors (Lipinski definition) is 4. The Kier molecular flexibility index (Phi) is 4.29. The molecule has 0 radical (unpaired) electrons. The standard InChI is InChI=1S/C18H18BBrN2O2/c1-17(2)18(3,4)24-19(23-17)14-9-15(20)16(22-11-14)13-7-5-12(10-21)6-8-13/h5-9,11H,1-4H3. The van der Waals surface area contributed by atoms with Crippen LogP contribution >= 0.6 is 15.9 Å². The van der Waals surface area contributed by atoms with E-state index in [4.69, 9.17) is 14.6 Å². The first kappa shape index (κ1) is 17.2. The first-order valence-electron chi connectivity index (χ1n) is 7.75. The highest BCUT2D eigenvalue weighted by Gasteiger charge is 2.51. The normalized spacial score (nSPS) is 18.4. The lowest BCUT2D eigenvalue weighted by molar-refractivity contribution is 0.00578. The quantitative estimate of drug-likeness (QED) is 0.741. The van der Waals surface area contributed by atoms with Gasteiger partial charge in [-0.25, -0.2) is 0 Å². The summed E-state index contributed by atoms with van der Waals surface area (Å²) in [5, 5.41) is 8.89. The molecule has 122 valence electrons. The molecule has 1 saturated heterocycles. The highest BCUT2D eigenvalue weighted by atomic mass is 79.9. The van der Waals surface area contributed by atoms with Gasteiger partial charge in [0.15, 0.2) is 0 Å². The van der Waals surface area contributed by atoms with Crippen LogP contribution in [0.15, 0.2) is 41.0 Å². The van der Waals surface area contributed by atoms with E-state index in [1.54, 1.807) is 18.3 Å². The van der Waals surface area contributed by atoms with Crippen LogP contribution in [0, 0.1) is 11.3 Å². The lowest BCUT2D eigenvalue weighted by Gasteiger charge is -2.32. The van der Waals surface area contributed by atoms with Crippen molar-refractivity contribution in [1.82, 2.24) is 4.98 Å². The van der Waals surface area contributed by atoms with Gasteiger partial charge in [-0.05, 0) is 61.8 Å².